The molecule has 0 saturated carbocycles. The molecule has 2 heterocycles. The van der Waals surface area contributed by atoms with Gasteiger partial charge >= 0.3 is 12.1 Å². The fraction of sp³-hybridized carbons (Fsp3) is 0.345. The van der Waals surface area contributed by atoms with Gasteiger partial charge in [0.15, 0.2) is 0 Å². The third-order valence-corrected chi connectivity index (χ3v) is 5.76. The fourth-order valence-electron chi connectivity index (χ4n) is 4.05. The van der Waals surface area contributed by atoms with E-state index in [1.165, 1.54) is 13.3 Å². The maximum Gasteiger partial charge on any atom is 0.415 e. The summed E-state index contributed by atoms with van der Waals surface area (Å²) >= 11 is 0. The minimum Gasteiger partial charge on any atom is -0.465 e. The van der Waals surface area contributed by atoms with Gasteiger partial charge in [-0.2, -0.15) is 0 Å². The lowest BCUT2D eigenvalue weighted by Crippen LogP contribution is -2.50. The van der Waals surface area contributed by atoms with Gasteiger partial charge in [0.2, 0.25) is 5.88 Å². The standard InChI is InChI=1S/C29H33N3O6/c1-29(2,3)38-28(34)32(20-9-8-16-30-18-20)21-17-25(27(33)35-4)26(31-19-21)37-24-14-12-23(13-15-24)36-22-10-6-5-7-11-22/h5-7,10-15,17,19-20,30H,8-9,16,18H2,1-4H3. The Morgan fingerprint density at radius 2 is 1.63 bits per heavy atom. The van der Waals surface area contributed by atoms with Crippen molar-refractivity contribution in [3.63, 3.8) is 0 Å². The summed E-state index contributed by atoms with van der Waals surface area (Å²) in [5.74, 6) is 1.23. The van der Waals surface area contributed by atoms with E-state index in [0.717, 1.165) is 19.4 Å². The summed E-state index contributed by atoms with van der Waals surface area (Å²) in [6.07, 6.45) is 2.70. The zero-order chi connectivity index (χ0) is 27.1. The van der Waals surface area contributed by atoms with E-state index in [9.17, 15) is 9.59 Å². The molecule has 2 aromatic carbocycles. The van der Waals surface area contributed by atoms with Crippen LogP contribution in [0.25, 0.3) is 0 Å². The number of amides is 1. The van der Waals surface area contributed by atoms with Crippen LogP contribution in [-0.4, -0.2) is 48.9 Å². The molecule has 9 heteroatoms. The quantitative estimate of drug-likeness (QED) is 0.383. The normalized spacial score (nSPS) is 15.3. The predicted octanol–water partition coefficient (Wildman–Crippen LogP) is 5.95. The van der Waals surface area contributed by atoms with Gasteiger partial charge in [-0.15, -0.1) is 0 Å². The second-order valence-electron chi connectivity index (χ2n) is 9.88. The lowest BCUT2D eigenvalue weighted by molar-refractivity contribution is 0.0554. The Morgan fingerprint density at radius 1 is 0.974 bits per heavy atom. The molecule has 1 N–H and O–H groups in total. The van der Waals surface area contributed by atoms with Crippen molar-refractivity contribution in [2.75, 3.05) is 25.1 Å². The molecule has 1 atom stereocenters. The van der Waals surface area contributed by atoms with Crippen molar-refractivity contribution in [1.29, 1.82) is 0 Å². The number of nitrogens with one attached hydrogen (secondary N) is 1. The number of aromatic nitrogens is 1. The molecule has 200 valence electrons. The molecule has 0 bridgehead atoms. The van der Waals surface area contributed by atoms with E-state index < -0.39 is 17.7 Å². The van der Waals surface area contributed by atoms with Crippen LogP contribution in [-0.2, 0) is 9.47 Å². The lowest BCUT2D eigenvalue weighted by atomic mass is 10.1. The fourth-order valence-corrected chi connectivity index (χ4v) is 4.05. The van der Waals surface area contributed by atoms with E-state index in [1.54, 1.807) is 35.2 Å². The van der Waals surface area contributed by atoms with E-state index in [0.29, 0.717) is 29.5 Å². The van der Waals surface area contributed by atoms with Crippen LogP contribution in [0.3, 0.4) is 0 Å². The maximum absolute atomic E-state index is 13.2. The van der Waals surface area contributed by atoms with Crippen molar-refractivity contribution in [3.05, 3.63) is 72.4 Å². The van der Waals surface area contributed by atoms with Crippen molar-refractivity contribution in [1.82, 2.24) is 10.3 Å². The number of hydrogen-bond donors (Lipinski definition) is 1. The van der Waals surface area contributed by atoms with Gasteiger partial charge in [-0.05, 0) is 82.6 Å². The zero-order valence-electron chi connectivity index (χ0n) is 22.1. The average molecular weight is 520 g/mol. The van der Waals surface area contributed by atoms with Crippen molar-refractivity contribution in [2.45, 2.75) is 45.3 Å². The number of rotatable bonds is 7. The van der Waals surface area contributed by atoms with Crippen LogP contribution < -0.4 is 19.7 Å². The summed E-state index contributed by atoms with van der Waals surface area (Å²) in [4.78, 5) is 31.9. The molecular formula is C29H33N3O6. The molecule has 1 aliphatic heterocycles. The highest BCUT2D eigenvalue weighted by Gasteiger charge is 2.32. The smallest absolute Gasteiger partial charge is 0.415 e. The number of benzene rings is 2. The Balaban J connectivity index is 1.60. The van der Waals surface area contributed by atoms with Gasteiger partial charge in [0.25, 0.3) is 0 Å². The monoisotopic (exact) mass is 519 g/mol. The molecule has 1 amide bonds. The molecular weight excluding hydrogens is 486 g/mol. The maximum atomic E-state index is 13.2. The van der Waals surface area contributed by atoms with E-state index in [4.69, 9.17) is 18.9 Å². The zero-order valence-corrected chi connectivity index (χ0v) is 22.1. The number of carbonyl (C=O) groups excluding carboxylic acids is 2. The average Bonchev–Trinajstić information content (AvgIpc) is 2.90. The topological polar surface area (TPSA) is 99.2 Å². The summed E-state index contributed by atoms with van der Waals surface area (Å²) in [7, 11) is 1.28. The van der Waals surface area contributed by atoms with Gasteiger partial charge in [0, 0.05) is 6.54 Å². The summed E-state index contributed by atoms with van der Waals surface area (Å²) in [6.45, 7) is 6.92. The number of hydrogen-bond acceptors (Lipinski definition) is 8. The molecule has 0 spiro atoms. The highest BCUT2D eigenvalue weighted by molar-refractivity contribution is 5.95. The van der Waals surface area contributed by atoms with Gasteiger partial charge < -0.3 is 24.3 Å². The Kier molecular flexibility index (Phi) is 8.48. The van der Waals surface area contributed by atoms with Gasteiger partial charge in [-0.1, -0.05) is 18.2 Å². The number of methoxy groups -OCH3 is 1. The van der Waals surface area contributed by atoms with Crippen LogP contribution in [0.15, 0.2) is 66.9 Å². The summed E-state index contributed by atoms with van der Waals surface area (Å²) in [5, 5.41) is 3.32. The number of para-hydroxylation sites is 1. The molecule has 3 aromatic rings. The number of anilines is 1. The first-order chi connectivity index (χ1) is 18.2. The molecule has 0 radical (unpaired) electrons. The molecule has 1 saturated heterocycles. The molecule has 4 rings (SSSR count). The minimum atomic E-state index is -0.685. The largest absolute Gasteiger partial charge is 0.465 e. The van der Waals surface area contributed by atoms with Crippen LogP contribution in [0.4, 0.5) is 10.5 Å². The molecule has 1 unspecified atom stereocenters. The number of esters is 1. The van der Waals surface area contributed by atoms with Gasteiger partial charge in [0.05, 0.1) is 25.0 Å². The summed E-state index contributed by atoms with van der Waals surface area (Å²) < 4.78 is 22.4. The molecule has 1 aliphatic rings. The highest BCUT2D eigenvalue weighted by Crippen LogP contribution is 2.31. The van der Waals surface area contributed by atoms with Crippen LogP contribution in [0.2, 0.25) is 0 Å². The van der Waals surface area contributed by atoms with E-state index >= 15 is 0 Å². The number of pyridine rings is 1. The van der Waals surface area contributed by atoms with Gasteiger partial charge in [-0.25, -0.2) is 14.6 Å². The van der Waals surface area contributed by atoms with Crippen LogP contribution >= 0.6 is 0 Å². The third kappa shape index (κ3) is 7.01. The van der Waals surface area contributed by atoms with Gasteiger partial charge in [0.1, 0.15) is 28.4 Å². The SMILES string of the molecule is COC(=O)c1cc(N(C(=O)OC(C)(C)C)C2CCCNC2)cnc1Oc1ccc(Oc2ccccc2)cc1. The van der Waals surface area contributed by atoms with Crippen LogP contribution in [0, 0.1) is 0 Å². The molecule has 0 aliphatic carbocycles. The van der Waals surface area contributed by atoms with E-state index in [2.05, 4.69) is 10.3 Å². The second-order valence-corrected chi connectivity index (χ2v) is 9.88. The third-order valence-electron chi connectivity index (χ3n) is 5.76. The highest BCUT2D eigenvalue weighted by atomic mass is 16.6. The first-order valence-electron chi connectivity index (χ1n) is 12.6. The number of piperidine rings is 1. The minimum absolute atomic E-state index is 0.0586. The van der Waals surface area contributed by atoms with Crippen molar-refractivity contribution < 1.29 is 28.5 Å². The molecule has 1 fully saturated rings. The Labute approximate surface area is 222 Å². The lowest BCUT2D eigenvalue weighted by Gasteiger charge is -2.35. The number of ether oxygens (including phenoxy) is 4. The molecule has 1 aromatic heterocycles. The molecule has 9 nitrogen and oxygen atoms in total. The summed E-state index contributed by atoms with van der Waals surface area (Å²) in [6, 6.07) is 17.8. The Bertz CT molecular complexity index is 1240. The van der Waals surface area contributed by atoms with Gasteiger partial charge in [-0.3, -0.25) is 4.90 Å². The van der Waals surface area contributed by atoms with Crippen molar-refractivity contribution in [3.8, 4) is 23.1 Å². The second kappa shape index (κ2) is 12.0. The Hall–Kier alpha value is -4.11. The number of carbonyl (C=O) groups is 2. The van der Waals surface area contributed by atoms with E-state index in [-0.39, 0.29) is 17.5 Å². The first kappa shape index (κ1) is 26.9. The van der Waals surface area contributed by atoms with Crippen molar-refractivity contribution in [2.24, 2.45) is 0 Å². The molecule has 38 heavy (non-hydrogen) atoms. The summed E-state index contributed by atoms with van der Waals surface area (Å²) in [5.41, 5.74) is -0.172. The predicted molar refractivity (Wildman–Crippen MR) is 143 cm³/mol. The Morgan fingerprint density at radius 3 is 2.24 bits per heavy atom. The van der Waals surface area contributed by atoms with Crippen LogP contribution in [0.5, 0.6) is 23.1 Å². The van der Waals surface area contributed by atoms with Crippen molar-refractivity contribution >= 4 is 17.7 Å². The van der Waals surface area contributed by atoms with E-state index in [1.807, 2.05) is 51.1 Å². The van der Waals surface area contributed by atoms with Crippen LogP contribution in [0.1, 0.15) is 44.0 Å². The first-order valence-corrected chi connectivity index (χ1v) is 12.6. The number of nitrogens with zero attached hydrogens (tertiary/aromatic N) is 2.